The minimum absolute atomic E-state index is 0.00903. The minimum atomic E-state index is -0.757. The van der Waals surface area contributed by atoms with Gasteiger partial charge in [0.05, 0.1) is 0 Å². The summed E-state index contributed by atoms with van der Waals surface area (Å²) in [6.45, 7) is 1.01. The Bertz CT molecular complexity index is 349. The molecule has 0 spiro atoms. The third-order valence-corrected chi connectivity index (χ3v) is 2.04. The van der Waals surface area contributed by atoms with Gasteiger partial charge in [-0.05, 0) is 31.5 Å². The number of carbonyl (C=O) groups excluding carboxylic acids is 1. The van der Waals surface area contributed by atoms with E-state index in [1.54, 1.807) is 0 Å². The van der Waals surface area contributed by atoms with Crippen LogP contribution < -0.4 is 11.1 Å². The van der Waals surface area contributed by atoms with Gasteiger partial charge in [-0.1, -0.05) is 0 Å². The maximum atomic E-state index is 12.8. The van der Waals surface area contributed by atoms with Crippen molar-refractivity contribution in [1.29, 1.82) is 0 Å². The van der Waals surface area contributed by atoms with Crippen LogP contribution in [0.4, 0.5) is 8.78 Å². The van der Waals surface area contributed by atoms with Crippen LogP contribution in [-0.4, -0.2) is 19.0 Å². The zero-order valence-corrected chi connectivity index (χ0v) is 8.80. The summed E-state index contributed by atoms with van der Waals surface area (Å²) in [6.07, 6.45) is 1.55. The van der Waals surface area contributed by atoms with Crippen LogP contribution in [0.1, 0.15) is 23.2 Å². The smallest absolute Gasteiger partial charge is 0.251 e. The molecule has 0 aromatic heterocycles. The highest BCUT2D eigenvalue weighted by Gasteiger charge is 2.08. The molecule has 0 radical (unpaired) electrons. The Morgan fingerprint density at radius 1 is 1.19 bits per heavy atom. The molecule has 1 aromatic rings. The highest BCUT2D eigenvalue weighted by molar-refractivity contribution is 5.94. The summed E-state index contributed by atoms with van der Waals surface area (Å²) in [5.41, 5.74) is 5.28. The fourth-order valence-electron chi connectivity index (χ4n) is 1.26. The third kappa shape index (κ3) is 3.94. The van der Waals surface area contributed by atoms with Gasteiger partial charge in [0, 0.05) is 18.2 Å². The number of hydrogen-bond acceptors (Lipinski definition) is 2. The highest BCUT2D eigenvalue weighted by Crippen LogP contribution is 2.07. The van der Waals surface area contributed by atoms with Gasteiger partial charge in [-0.15, -0.1) is 0 Å². The topological polar surface area (TPSA) is 55.1 Å². The molecule has 0 aliphatic rings. The zero-order valence-electron chi connectivity index (χ0n) is 8.80. The minimum Gasteiger partial charge on any atom is -0.352 e. The van der Waals surface area contributed by atoms with Crippen molar-refractivity contribution in [1.82, 2.24) is 5.32 Å². The summed E-state index contributed by atoms with van der Waals surface area (Å²) < 4.78 is 25.6. The molecule has 0 aliphatic heterocycles. The average Bonchev–Trinajstić information content (AvgIpc) is 2.22. The van der Waals surface area contributed by atoms with Crippen molar-refractivity contribution in [2.75, 3.05) is 13.1 Å². The van der Waals surface area contributed by atoms with Gasteiger partial charge in [-0.3, -0.25) is 4.79 Å². The van der Waals surface area contributed by atoms with Gasteiger partial charge < -0.3 is 11.1 Å². The largest absolute Gasteiger partial charge is 0.352 e. The standard InChI is InChI=1S/C11H14F2N2O/c12-9-5-8(6-10(13)7-9)11(16)15-4-2-1-3-14/h5-7H,1-4,14H2,(H,15,16). The Labute approximate surface area is 92.6 Å². The molecule has 1 aromatic carbocycles. The number of nitrogens with one attached hydrogen (secondary N) is 1. The lowest BCUT2D eigenvalue weighted by atomic mass is 10.2. The van der Waals surface area contributed by atoms with Crippen LogP contribution in [0.3, 0.4) is 0 Å². The number of halogens is 2. The van der Waals surface area contributed by atoms with Crippen LogP contribution >= 0.6 is 0 Å². The monoisotopic (exact) mass is 228 g/mol. The third-order valence-electron chi connectivity index (χ3n) is 2.04. The van der Waals surface area contributed by atoms with Gasteiger partial charge in [0.25, 0.3) is 5.91 Å². The van der Waals surface area contributed by atoms with Crippen LogP contribution in [0, 0.1) is 11.6 Å². The predicted octanol–water partition coefficient (Wildman–Crippen LogP) is 1.43. The summed E-state index contributed by atoms with van der Waals surface area (Å²) in [4.78, 5) is 11.4. The number of rotatable bonds is 5. The molecule has 0 unspecified atom stereocenters. The molecule has 0 fully saturated rings. The van der Waals surface area contributed by atoms with E-state index in [1.807, 2.05) is 0 Å². The number of nitrogens with two attached hydrogens (primary N) is 1. The molecular weight excluding hydrogens is 214 g/mol. The highest BCUT2D eigenvalue weighted by atomic mass is 19.1. The second-order valence-electron chi connectivity index (χ2n) is 3.41. The molecule has 3 N–H and O–H groups in total. The van der Waals surface area contributed by atoms with Crippen molar-refractivity contribution in [2.24, 2.45) is 5.73 Å². The molecule has 0 heterocycles. The van der Waals surface area contributed by atoms with Gasteiger partial charge in [0.1, 0.15) is 11.6 Å². The quantitative estimate of drug-likeness (QED) is 0.749. The lowest BCUT2D eigenvalue weighted by Crippen LogP contribution is -2.25. The van der Waals surface area contributed by atoms with Crippen molar-refractivity contribution in [2.45, 2.75) is 12.8 Å². The van der Waals surface area contributed by atoms with Crippen molar-refractivity contribution >= 4 is 5.91 Å². The molecule has 88 valence electrons. The van der Waals surface area contributed by atoms with E-state index in [0.29, 0.717) is 13.1 Å². The van der Waals surface area contributed by atoms with Crippen LogP contribution in [0.25, 0.3) is 0 Å². The molecule has 1 rings (SSSR count). The first kappa shape index (κ1) is 12.6. The number of carbonyl (C=O) groups is 1. The lowest BCUT2D eigenvalue weighted by molar-refractivity contribution is 0.0952. The molecule has 1 amide bonds. The van der Waals surface area contributed by atoms with Crippen LogP contribution in [0.2, 0.25) is 0 Å². The van der Waals surface area contributed by atoms with Crippen molar-refractivity contribution in [3.05, 3.63) is 35.4 Å². The van der Waals surface area contributed by atoms with Crippen LogP contribution in [0.15, 0.2) is 18.2 Å². The van der Waals surface area contributed by atoms with Crippen LogP contribution in [0.5, 0.6) is 0 Å². The molecule has 0 atom stereocenters. The first-order chi connectivity index (χ1) is 7.63. The van der Waals surface area contributed by atoms with Gasteiger partial charge in [-0.2, -0.15) is 0 Å². The normalized spacial score (nSPS) is 10.2. The second-order valence-corrected chi connectivity index (χ2v) is 3.41. The van der Waals surface area contributed by atoms with Crippen molar-refractivity contribution < 1.29 is 13.6 Å². The fourth-order valence-corrected chi connectivity index (χ4v) is 1.26. The summed E-state index contributed by atoms with van der Waals surface area (Å²) in [6, 6.07) is 2.73. The number of unbranched alkanes of at least 4 members (excludes halogenated alkanes) is 1. The van der Waals surface area contributed by atoms with Crippen LogP contribution in [-0.2, 0) is 0 Å². The van der Waals surface area contributed by atoms with E-state index in [2.05, 4.69) is 5.32 Å². The van der Waals surface area contributed by atoms with E-state index in [1.165, 1.54) is 0 Å². The van der Waals surface area contributed by atoms with Gasteiger partial charge in [-0.25, -0.2) is 8.78 Å². The molecule has 0 saturated heterocycles. The lowest BCUT2D eigenvalue weighted by Gasteiger charge is -2.04. The summed E-state index contributed by atoms with van der Waals surface area (Å²) in [5.74, 6) is -1.99. The maximum Gasteiger partial charge on any atom is 0.251 e. The van der Waals surface area contributed by atoms with E-state index in [4.69, 9.17) is 5.73 Å². The van der Waals surface area contributed by atoms with Crippen molar-refractivity contribution in [3.63, 3.8) is 0 Å². The van der Waals surface area contributed by atoms with Gasteiger partial charge in [0.15, 0.2) is 0 Å². The molecule has 0 saturated carbocycles. The Morgan fingerprint density at radius 3 is 2.38 bits per heavy atom. The summed E-state index contributed by atoms with van der Waals surface area (Å²) in [5, 5.41) is 2.56. The number of hydrogen-bond donors (Lipinski definition) is 2. The summed E-state index contributed by atoms with van der Waals surface area (Å²) >= 11 is 0. The SMILES string of the molecule is NCCCCNC(=O)c1cc(F)cc(F)c1. The Balaban J connectivity index is 2.52. The Kier molecular flexibility index (Phi) is 4.85. The molecule has 16 heavy (non-hydrogen) atoms. The predicted molar refractivity (Wildman–Crippen MR) is 57.0 cm³/mol. The second kappa shape index (κ2) is 6.17. The first-order valence-electron chi connectivity index (χ1n) is 5.08. The number of amides is 1. The Hall–Kier alpha value is -1.49. The van der Waals surface area contributed by atoms with E-state index in [9.17, 15) is 13.6 Å². The van der Waals surface area contributed by atoms with E-state index >= 15 is 0 Å². The molecular formula is C11H14F2N2O. The average molecular weight is 228 g/mol. The molecule has 0 aliphatic carbocycles. The number of benzene rings is 1. The fraction of sp³-hybridized carbons (Fsp3) is 0.364. The Morgan fingerprint density at radius 2 is 1.81 bits per heavy atom. The van der Waals surface area contributed by atoms with E-state index in [-0.39, 0.29) is 5.56 Å². The van der Waals surface area contributed by atoms with E-state index < -0.39 is 17.5 Å². The van der Waals surface area contributed by atoms with E-state index in [0.717, 1.165) is 31.0 Å². The summed E-state index contributed by atoms with van der Waals surface area (Å²) in [7, 11) is 0. The zero-order chi connectivity index (χ0) is 12.0. The maximum absolute atomic E-state index is 12.8. The van der Waals surface area contributed by atoms with Gasteiger partial charge in [0.2, 0.25) is 0 Å². The van der Waals surface area contributed by atoms with Crippen molar-refractivity contribution in [3.8, 4) is 0 Å². The molecule has 0 bridgehead atoms. The van der Waals surface area contributed by atoms with Gasteiger partial charge >= 0.3 is 0 Å². The first-order valence-corrected chi connectivity index (χ1v) is 5.08. The molecule has 5 heteroatoms. The molecule has 3 nitrogen and oxygen atoms in total.